The van der Waals surface area contributed by atoms with E-state index in [1.54, 1.807) is 25.4 Å². The molecule has 29 heavy (non-hydrogen) atoms. The molecule has 1 atom stereocenters. The summed E-state index contributed by atoms with van der Waals surface area (Å²) < 4.78 is 6.63. The Balaban J connectivity index is 1.66. The highest BCUT2D eigenvalue weighted by Crippen LogP contribution is 2.33. The molecule has 6 nitrogen and oxygen atoms in total. The van der Waals surface area contributed by atoms with E-state index in [-0.39, 0.29) is 24.1 Å². The molecule has 4 rings (SSSR count). The lowest BCUT2D eigenvalue weighted by Gasteiger charge is -2.22. The van der Waals surface area contributed by atoms with E-state index in [1.807, 2.05) is 54.6 Å². The number of aromatic nitrogens is 1. The SMILES string of the molecule is COc1ccc(C2CC(c3ccccc3)=NN2C(=O)Cn2ccccc2=O)cc1. The van der Waals surface area contributed by atoms with E-state index in [0.717, 1.165) is 22.6 Å². The Morgan fingerprint density at radius 3 is 2.45 bits per heavy atom. The largest absolute Gasteiger partial charge is 0.497 e. The van der Waals surface area contributed by atoms with Crippen LogP contribution in [0.1, 0.15) is 23.6 Å². The minimum Gasteiger partial charge on any atom is -0.497 e. The van der Waals surface area contributed by atoms with Gasteiger partial charge in [-0.25, -0.2) is 5.01 Å². The summed E-state index contributed by atoms with van der Waals surface area (Å²) in [5, 5.41) is 6.14. The zero-order valence-electron chi connectivity index (χ0n) is 16.1. The maximum Gasteiger partial charge on any atom is 0.263 e. The van der Waals surface area contributed by atoms with Crippen molar-refractivity contribution in [3.05, 3.63) is 100 Å². The van der Waals surface area contributed by atoms with E-state index >= 15 is 0 Å². The van der Waals surface area contributed by atoms with E-state index in [2.05, 4.69) is 5.10 Å². The maximum absolute atomic E-state index is 13.1. The van der Waals surface area contributed by atoms with Crippen molar-refractivity contribution in [2.45, 2.75) is 19.0 Å². The van der Waals surface area contributed by atoms with Crippen molar-refractivity contribution >= 4 is 11.6 Å². The highest BCUT2D eigenvalue weighted by Gasteiger charge is 2.33. The number of hydrogen-bond acceptors (Lipinski definition) is 4. The van der Waals surface area contributed by atoms with E-state index in [4.69, 9.17) is 4.74 Å². The Morgan fingerprint density at radius 1 is 1.03 bits per heavy atom. The molecule has 3 aromatic rings. The average Bonchev–Trinajstić information content (AvgIpc) is 3.22. The van der Waals surface area contributed by atoms with Crippen LogP contribution in [0.15, 0.2) is 88.9 Å². The number of ether oxygens (including phenoxy) is 1. The van der Waals surface area contributed by atoms with Gasteiger partial charge in [-0.3, -0.25) is 9.59 Å². The molecule has 2 heterocycles. The lowest BCUT2D eigenvalue weighted by molar-refractivity contribution is -0.133. The third kappa shape index (κ3) is 3.96. The number of carbonyl (C=O) groups is 1. The first-order valence-corrected chi connectivity index (χ1v) is 9.40. The molecular formula is C23H21N3O3. The number of hydrogen-bond donors (Lipinski definition) is 0. The van der Waals surface area contributed by atoms with Crippen molar-refractivity contribution in [3.63, 3.8) is 0 Å². The minimum absolute atomic E-state index is 0.0576. The van der Waals surface area contributed by atoms with Crippen molar-refractivity contribution in [2.75, 3.05) is 7.11 Å². The summed E-state index contributed by atoms with van der Waals surface area (Å²) in [6.07, 6.45) is 2.21. The molecule has 1 aliphatic rings. The van der Waals surface area contributed by atoms with Gasteiger partial charge in [0.2, 0.25) is 0 Å². The van der Waals surface area contributed by atoms with Gasteiger partial charge in [0, 0.05) is 18.7 Å². The van der Waals surface area contributed by atoms with Crippen LogP contribution in [0.25, 0.3) is 0 Å². The molecule has 0 radical (unpaired) electrons. The summed E-state index contributed by atoms with van der Waals surface area (Å²) in [6.45, 7) is -0.0576. The highest BCUT2D eigenvalue weighted by molar-refractivity contribution is 6.03. The van der Waals surface area contributed by atoms with Gasteiger partial charge < -0.3 is 9.30 Å². The third-order valence-electron chi connectivity index (χ3n) is 4.98. The van der Waals surface area contributed by atoms with Crippen LogP contribution in [0.5, 0.6) is 5.75 Å². The first-order valence-electron chi connectivity index (χ1n) is 9.40. The van der Waals surface area contributed by atoms with Crippen LogP contribution < -0.4 is 10.3 Å². The number of hydrazone groups is 1. The van der Waals surface area contributed by atoms with Crippen LogP contribution in [-0.2, 0) is 11.3 Å². The second-order valence-corrected chi connectivity index (χ2v) is 6.81. The van der Waals surface area contributed by atoms with Crippen LogP contribution in [0, 0.1) is 0 Å². The quantitative estimate of drug-likeness (QED) is 0.675. The smallest absolute Gasteiger partial charge is 0.263 e. The number of carbonyl (C=O) groups excluding carboxylic acids is 1. The van der Waals surface area contributed by atoms with Gasteiger partial charge in [-0.2, -0.15) is 5.10 Å². The van der Waals surface area contributed by atoms with E-state index < -0.39 is 0 Å². The van der Waals surface area contributed by atoms with Crippen molar-refractivity contribution in [3.8, 4) is 5.75 Å². The molecule has 0 aliphatic carbocycles. The molecule has 146 valence electrons. The first-order chi connectivity index (χ1) is 14.2. The Labute approximate surface area is 168 Å². The zero-order valence-corrected chi connectivity index (χ0v) is 16.1. The fourth-order valence-corrected chi connectivity index (χ4v) is 3.44. The molecule has 0 spiro atoms. The lowest BCUT2D eigenvalue weighted by atomic mass is 9.98. The monoisotopic (exact) mass is 387 g/mol. The molecule has 0 N–H and O–H groups in total. The van der Waals surface area contributed by atoms with Gasteiger partial charge in [0.1, 0.15) is 12.3 Å². The van der Waals surface area contributed by atoms with Gasteiger partial charge in [0.15, 0.2) is 0 Å². The van der Waals surface area contributed by atoms with Crippen molar-refractivity contribution < 1.29 is 9.53 Å². The molecule has 0 fully saturated rings. The van der Waals surface area contributed by atoms with Gasteiger partial charge in [-0.05, 0) is 29.3 Å². The number of amides is 1. The summed E-state index contributed by atoms with van der Waals surface area (Å²) >= 11 is 0. The molecule has 1 aromatic heterocycles. The lowest BCUT2D eigenvalue weighted by Crippen LogP contribution is -2.33. The summed E-state index contributed by atoms with van der Waals surface area (Å²) in [5.41, 5.74) is 2.58. The number of pyridine rings is 1. The van der Waals surface area contributed by atoms with Gasteiger partial charge in [-0.1, -0.05) is 48.5 Å². The maximum atomic E-state index is 13.1. The predicted octanol–water partition coefficient (Wildman–Crippen LogP) is 3.23. The van der Waals surface area contributed by atoms with Crippen molar-refractivity contribution in [1.82, 2.24) is 9.58 Å². The summed E-state index contributed by atoms with van der Waals surface area (Å²) in [6, 6.07) is 22.1. The average molecular weight is 387 g/mol. The van der Waals surface area contributed by atoms with E-state index in [0.29, 0.717) is 6.42 Å². The highest BCUT2D eigenvalue weighted by atomic mass is 16.5. The van der Waals surface area contributed by atoms with E-state index in [9.17, 15) is 9.59 Å². The predicted molar refractivity (Wildman–Crippen MR) is 111 cm³/mol. The van der Waals surface area contributed by atoms with Gasteiger partial charge in [0.25, 0.3) is 11.5 Å². The van der Waals surface area contributed by atoms with Gasteiger partial charge in [-0.15, -0.1) is 0 Å². The molecule has 1 amide bonds. The Kier molecular flexibility index (Phi) is 5.24. The summed E-state index contributed by atoms with van der Waals surface area (Å²) in [7, 11) is 1.62. The summed E-state index contributed by atoms with van der Waals surface area (Å²) in [5.74, 6) is 0.523. The van der Waals surface area contributed by atoms with Crippen LogP contribution in [0.4, 0.5) is 0 Å². The topological polar surface area (TPSA) is 63.9 Å². The molecule has 6 heteroatoms. The molecule has 0 saturated carbocycles. The van der Waals surface area contributed by atoms with Crippen LogP contribution >= 0.6 is 0 Å². The fraction of sp³-hybridized carbons (Fsp3) is 0.174. The standard InChI is InChI=1S/C23H21N3O3/c1-29-19-12-10-18(11-13-19)21-15-20(17-7-3-2-4-8-17)24-26(21)23(28)16-25-14-6-5-9-22(25)27/h2-14,21H,15-16H2,1H3. The third-order valence-corrected chi connectivity index (χ3v) is 4.98. The normalized spacial score (nSPS) is 15.8. The Morgan fingerprint density at radius 2 is 1.76 bits per heavy atom. The molecule has 2 aromatic carbocycles. The van der Waals surface area contributed by atoms with Crippen molar-refractivity contribution in [2.24, 2.45) is 5.10 Å². The second-order valence-electron chi connectivity index (χ2n) is 6.81. The molecular weight excluding hydrogens is 366 g/mol. The van der Waals surface area contributed by atoms with Crippen LogP contribution in [0.2, 0.25) is 0 Å². The molecule has 1 aliphatic heterocycles. The number of benzene rings is 2. The van der Waals surface area contributed by atoms with Crippen molar-refractivity contribution in [1.29, 1.82) is 0 Å². The summed E-state index contributed by atoms with van der Waals surface area (Å²) in [4.78, 5) is 25.1. The number of methoxy groups -OCH3 is 1. The second kappa shape index (κ2) is 8.14. The van der Waals surface area contributed by atoms with Gasteiger partial charge >= 0.3 is 0 Å². The zero-order chi connectivity index (χ0) is 20.2. The molecule has 0 saturated heterocycles. The van der Waals surface area contributed by atoms with Crippen LogP contribution in [-0.4, -0.2) is 28.3 Å². The molecule has 0 bridgehead atoms. The number of nitrogens with zero attached hydrogens (tertiary/aromatic N) is 3. The minimum atomic E-state index is -0.233. The van der Waals surface area contributed by atoms with Gasteiger partial charge in [0.05, 0.1) is 18.9 Å². The first kappa shape index (κ1) is 18.7. The Hall–Kier alpha value is -3.67. The Bertz CT molecular complexity index is 1090. The van der Waals surface area contributed by atoms with Crippen LogP contribution in [0.3, 0.4) is 0 Å². The molecule has 1 unspecified atom stereocenters. The number of rotatable bonds is 5. The van der Waals surface area contributed by atoms with E-state index in [1.165, 1.54) is 15.6 Å². The fourth-order valence-electron chi connectivity index (χ4n) is 3.44.